The summed E-state index contributed by atoms with van der Waals surface area (Å²) in [6, 6.07) is 3.33. The van der Waals surface area contributed by atoms with Crippen LogP contribution in [0.3, 0.4) is 0 Å². The number of halogens is 1. The van der Waals surface area contributed by atoms with Gasteiger partial charge in [0.2, 0.25) is 10.0 Å². The highest BCUT2D eigenvalue weighted by molar-refractivity contribution is 7.89. The summed E-state index contributed by atoms with van der Waals surface area (Å²) in [6.07, 6.45) is 0.685. The molecule has 16 heavy (non-hydrogen) atoms. The van der Waals surface area contributed by atoms with E-state index in [2.05, 4.69) is 0 Å². The number of benzene rings is 1. The Bertz CT molecular complexity index is 474. The highest BCUT2D eigenvalue weighted by Gasteiger charge is 2.22. The summed E-state index contributed by atoms with van der Waals surface area (Å²) in [4.78, 5) is -0.177. The lowest BCUT2D eigenvalue weighted by molar-refractivity contribution is 0.468. The van der Waals surface area contributed by atoms with Crippen LogP contribution in [0.5, 0.6) is 0 Å². The molecule has 0 saturated heterocycles. The lowest BCUT2D eigenvalue weighted by Crippen LogP contribution is -2.28. The monoisotopic (exact) mass is 246 g/mol. The molecule has 6 heteroatoms. The van der Waals surface area contributed by atoms with E-state index < -0.39 is 15.8 Å². The van der Waals surface area contributed by atoms with Crippen molar-refractivity contribution in [3.8, 4) is 0 Å². The maximum Gasteiger partial charge on any atom is 0.244 e. The second-order valence-corrected chi connectivity index (χ2v) is 5.52. The van der Waals surface area contributed by atoms with E-state index in [1.54, 1.807) is 0 Å². The molecule has 2 N–H and O–H groups in total. The highest BCUT2D eigenvalue weighted by Crippen LogP contribution is 2.22. The van der Waals surface area contributed by atoms with E-state index in [1.807, 2.05) is 6.92 Å². The van der Waals surface area contributed by atoms with Gasteiger partial charge in [0.25, 0.3) is 0 Å². The second-order valence-electron chi connectivity index (χ2n) is 3.51. The number of nitrogens with two attached hydrogens (primary N) is 1. The van der Waals surface area contributed by atoms with Crippen molar-refractivity contribution in [2.45, 2.75) is 18.2 Å². The van der Waals surface area contributed by atoms with Gasteiger partial charge in [-0.3, -0.25) is 0 Å². The van der Waals surface area contributed by atoms with Crippen molar-refractivity contribution >= 4 is 15.7 Å². The summed E-state index contributed by atoms with van der Waals surface area (Å²) in [7, 11) is -2.24. The maximum atomic E-state index is 13.0. The molecule has 90 valence electrons. The normalized spacial score (nSPS) is 12.0. The second kappa shape index (κ2) is 4.80. The molecule has 0 radical (unpaired) electrons. The Balaban J connectivity index is 3.21. The van der Waals surface area contributed by atoms with Crippen LogP contribution in [0.1, 0.15) is 13.3 Å². The molecule has 0 atom stereocenters. The molecule has 0 heterocycles. The van der Waals surface area contributed by atoms with Crippen LogP contribution in [-0.2, 0) is 10.0 Å². The van der Waals surface area contributed by atoms with E-state index in [9.17, 15) is 12.8 Å². The Hall–Kier alpha value is -1.14. The zero-order valence-corrected chi connectivity index (χ0v) is 10.1. The minimum Gasteiger partial charge on any atom is -0.398 e. The van der Waals surface area contributed by atoms with Gasteiger partial charge in [0.15, 0.2) is 0 Å². The number of hydrogen-bond acceptors (Lipinski definition) is 3. The molecule has 0 bridgehead atoms. The molecular weight excluding hydrogens is 231 g/mol. The van der Waals surface area contributed by atoms with Gasteiger partial charge in [0.05, 0.1) is 5.69 Å². The fraction of sp³-hybridized carbons (Fsp3) is 0.400. The van der Waals surface area contributed by atoms with Gasteiger partial charge in [-0.2, -0.15) is 0 Å². The van der Waals surface area contributed by atoms with Crippen LogP contribution in [0, 0.1) is 5.82 Å². The fourth-order valence-electron chi connectivity index (χ4n) is 1.33. The van der Waals surface area contributed by atoms with Gasteiger partial charge in [0.1, 0.15) is 10.7 Å². The minimum atomic E-state index is -3.69. The lowest BCUT2D eigenvalue weighted by atomic mass is 10.3. The van der Waals surface area contributed by atoms with Crippen LogP contribution in [0.4, 0.5) is 10.1 Å². The van der Waals surface area contributed by atoms with Crippen molar-refractivity contribution in [3.05, 3.63) is 24.0 Å². The Labute approximate surface area is 94.9 Å². The smallest absolute Gasteiger partial charge is 0.244 e. The molecule has 0 unspecified atom stereocenters. The molecule has 0 aromatic heterocycles. The van der Waals surface area contributed by atoms with E-state index in [0.29, 0.717) is 13.0 Å². The summed E-state index contributed by atoms with van der Waals surface area (Å²) in [5.41, 5.74) is 5.60. The number of nitrogens with zero attached hydrogens (tertiary/aromatic N) is 1. The van der Waals surface area contributed by atoms with E-state index in [0.717, 1.165) is 16.4 Å². The number of anilines is 1. The number of nitrogen functional groups attached to an aromatic ring is 1. The molecule has 0 spiro atoms. The number of sulfonamides is 1. The average Bonchev–Trinajstić information content (AvgIpc) is 2.22. The molecule has 4 nitrogen and oxygen atoms in total. The van der Waals surface area contributed by atoms with Gasteiger partial charge >= 0.3 is 0 Å². The maximum absolute atomic E-state index is 13.0. The molecule has 0 aliphatic rings. The van der Waals surface area contributed by atoms with Crippen molar-refractivity contribution in [3.63, 3.8) is 0 Å². The third-order valence-electron chi connectivity index (χ3n) is 2.20. The van der Waals surface area contributed by atoms with Gasteiger partial charge in [-0.05, 0) is 24.6 Å². The molecular formula is C10H15FN2O2S. The molecule has 1 aromatic rings. The third kappa shape index (κ3) is 2.51. The molecule has 1 rings (SSSR count). The molecule has 0 fully saturated rings. The summed E-state index contributed by atoms with van der Waals surface area (Å²) < 4.78 is 38.1. The number of hydrogen-bond donors (Lipinski definition) is 1. The summed E-state index contributed by atoms with van der Waals surface area (Å²) in [5.74, 6) is -0.613. The first-order valence-electron chi connectivity index (χ1n) is 4.91. The van der Waals surface area contributed by atoms with Crippen molar-refractivity contribution in [2.24, 2.45) is 0 Å². The third-order valence-corrected chi connectivity index (χ3v) is 4.11. The molecule has 0 saturated carbocycles. The summed E-state index contributed by atoms with van der Waals surface area (Å²) >= 11 is 0. The first kappa shape index (κ1) is 12.9. The predicted octanol–water partition coefficient (Wildman–Crippen LogP) is 1.44. The molecule has 1 aromatic carbocycles. The van der Waals surface area contributed by atoms with Gasteiger partial charge < -0.3 is 5.73 Å². The standard InChI is InChI=1S/C10H15FN2O2S/c1-3-6-13(2)16(14,15)10-7-8(11)4-5-9(10)12/h4-5,7H,3,6,12H2,1-2H3. The van der Waals surface area contributed by atoms with Crippen molar-refractivity contribution in [1.82, 2.24) is 4.31 Å². The van der Waals surface area contributed by atoms with Gasteiger partial charge in [0, 0.05) is 13.6 Å². The van der Waals surface area contributed by atoms with Crippen LogP contribution in [0.25, 0.3) is 0 Å². The SMILES string of the molecule is CCCN(C)S(=O)(=O)c1cc(F)ccc1N. The average molecular weight is 246 g/mol. The lowest BCUT2D eigenvalue weighted by Gasteiger charge is -2.17. The Kier molecular flexibility index (Phi) is 3.88. The largest absolute Gasteiger partial charge is 0.398 e. The number of rotatable bonds is 4. The molecule has 0 amide bonds. The molecule has 0 aliphatic carbocycles. The van der Waals surface area contributed by atoms with Gasteiger partial charge in [-0.25, -0.2) is 17.1 Å². The van der Waals surface area contributed by atoms with Crippen LogP contribution in [0.15, 0.2) is 23.1 Å². The highest BCUT2D eigenvalue weighted by atomic mass is 32.2. The van der Waals surface area contributed by atoms with Gasteiger partial charge in [-0.15, -0.1) is 0 Å². The first-order valence-corrected chi connectivity index (χ1v) is 6.35. The minimum absolute atomic E-state index is 0.0596. The first-order chi connectivity index (χ1) is 7.39. The van der Waals surface area contributed by atoms with Crippen LogP contribution >= 0.6 is 0 Å². The summed E-state index contributed by atoms with van der Waals surface area (Å²) in [6.45, 7) is 2.24. The van der Waals surface area contributed by atoms with Crippen LogP contribution in [-0.4, -0.2) is 26.3 Å². The Morgan fingerprint density at radius 2 is 2.06 bits per heavy atom. The zero-order chi connectivity index (χ0) is 12.3. The van der Waals surface area contributed by atoms with E-state index >= 15 is 0 Å². The predicted molar refractivity (Wildman–Crippen MR) is 60.9 cm³/mol. The van der Waals surface area contributed by atoms with Crippen molar-refractivity contribution < 1.29 is 12.8 Å². The quantitative estimate of drug-likeness (QED) is 0.818. The van der Waals surface area contributed by atoms with E-state index in [4.69, 9.17) is 5.73 Å². The summed E-state index contributed by atoms with van der Waals surface area (Å²) in [5, 5.41) is 0. The topological polar surface area (TPSA) is 63.4 Å². The Morgan fingerprint density at radius 1 is 1.44 bits per heavy atom. The van der Waals surface area contributed by atoms with Crippen LogP contribution < -0.4 is 5.73 Å². The zero-order valence-electron chi connectivity index (χ0n) is 9.27. The Morgan fingerprint density at radius 3 is 2.62 bits per heavy atom. The van der Waals surface area contributed by atoms with Crippen LogP contribution in [0.2, 0.25) is 0 Å². The van der Waals surface area contributed by atoms with Crippen molar-refractivity contribution in [2.75, 3.05) is 19.3 Å². The molecule has 0 aliphatic heterocycles. The van der Waals surface area contributed by atoms with Gasteiger partial charge in [-0.1, -0.05) is 6.92 Å². The van der Waals surface area contributed by atoms with E-state index in [1.165, 1.54) is 13.1 Å². The van der Waals surface area contributed by atoms with E-state index in [-0.39, 0.29) is 10.6 Å². The van der Waals surface area contributed by atoms with Crippen molar-refractivity contribution in [1.29, 1.82) is 0 Å². The fourth-order valence-corrected chi connectivity index (χ4v) is 2.72.